The molecule has 0 radical (unpaired) electrons. The molecule has 5 heteroatoms. The number of aromatic nitrogens is 2. The Kier molecular flexibility index (Phi) is 3.23. The van der Waals surface area contributed by atoms with Crippen LogP contribution in [0.25, 0.3) is 11.4 Å². The van der Waals surface area contributed by atoms with E-state index in [0.717, 1.165) is 5.56 Å². The summed E-state index contributed by atoms with van der Waals surface area (Å²) in [6.07, 6.45) is 0.585. The first-order chi connectivity index (χ1) is 7.29. The van der Waals surface area contributed by atoms with E-state index in [1.54, 1.807) is 12.1 Å². The zero-order chi connectivity index (χ0) is 10.7. The van der Waals surface area contributed by atoms with E-state index in [2.05, 4.69) is 10.1 Å². The first kappa shape index (κ1) is 10.5. The molecule has 0 fully saturated rings. The van der Waals surface area contributed by atoms with Gasteiger partial charge in [-0.2, -0.15) is 4.98 Å². The minimum atomic E-state index is 0.474. The second-order valence-corrected chi connectivity index (χ2v) is 3.77. The Labute approximate surface area is 97.0 Å². The van der Waals surface area contributed by atoms with E-state index < -0.39 is 0 Å². The fourth-order valence-electron chi connectivity index (χ4n) is 1.15. The van der Waals surface area contributed by atoms with E-state index in [9.17, 15) is 0 Å². The summed E-state index contributed by atoms with van der Waals surface area (Å²) in [6, 6.07) is 7.26. The summed E-state index contributed by atoms with van der Waals surface area (Å²) in [6.45, 7) is 0. The van der Waals surface area contributed by atoms with Gasteiger partial charge in [0.05, 0.1) is 0 Å². The van der Waals surface area contributed by atoms with Gasteiger partial charge in [-0.15, -0.1) is 11.6 Å². The van der Waals surface area contributed by atoms with Crippen LogP contribution in [0.4, 0.5) is 0 Å². The molecule has 0 amide bonds. The third-order valence-corrected chi connectivity index (χ3v) is 2.32. The van der Waals surface area contributed by atoms with Crippen LogP contribution in [0.5, 0.6) is 0 Å². The van der Waals surface area contributed by atoms with Gasteiger partial charge in [-0.25, -0.2) is 0 Å². The molecule has 0 aliphatic carbocycles. The van der Waals surface area contributed by atoms with Crippen molar-refractivity contribution in [1.82, 2.24) is 10.1 Å². The predicted molar refractivity (Wildman–Crippen MR) is 59.2 cm³/mol. The Morgan fingerprint density at radius 2 is 1.93 bits per heavy atom. The average molecular weight is 243 g/mol. The maximum Gasteiger partial charge on any atom is 0.228 e. The molecule has 0 bridgehead atoms. The minimum Gasteiger partial charge on any atom is -0.339 e. The highest BCUT2D eigenvalue weighted by atomic mass is 35.5. The largest absolute Gasteiger partial charge is 0.339 e. The second kappa shape index (κ2) is 4.64. The molecule has 3 nitrogen and oxygen atoms in total. The number of alkyl halides is 1. The van der Waals surface area contributed by atoms with Crippen LogP contribution in [0.1, 0.15) is 5.89 Å². The first-order valence-electron chi connectivity index (χ1n) is 4.44. The minimum absolute atomic E-state index is 0.474. The van der Waals surface area contributed by atoms with E-state index in [1.165, 1.54) is 0 Å². The molecule has 2 rings (SSSR count). The van der Waals surface area contributed by atoms with Crippen LogP contribution in [0.15, 0.2) is 28.8 Å². The number of hydrogen-bond donors (Lipinski definition) is 0. The monoisotopic (exact) mass is 242 g/mol. The Bertz CT molecular complexity index is 439. The number of nitrogens with zero attached hydrogens (tertiary/aromatic N) is 2. The molecule has 0 unspecified atom stereocenters. The van der Waals surface area contributed by atoms with Crippen LogP contribution >= 0.6 is 23.2 Å². The van der Waals surface area contributed by atoms with Crippen LogP contribution in [0.2, 0.25) is 5.02 Å². The summed E-state index contributed by atoms with van der Waals surface area (Å²) in [4.78, 5) is 4.19. The fraction of sp³-hybridized carbons (Fsp3) is 0.200. The van der Waals surface area contributed by atoms with Gasteiger partial charge in [0.15, 0.2) is 0 Å². The van der Waals surface area contributed by atoms with E-state index in [0.29, 0.717) is 29.0 Å². The summed E-state index contributed by atoms with van der Waals surface area (Å²) in [5.41, 5.74) is 0.879. The molecule has 0 atom stereocenters. The molecule has 78 valence electrons. The number of hydrogen-bond acceptors (Lipinski definition) is 3. The van der Waals surface area contributed by atoms with Crippen molar-refractivity contribution >= 4 is 23.2 Å². The van der Waals surface area contributed by atoms with E-state index in [1.807, 2.05) is 12.1 Å². The third-order valence-electron chi connectivity index (χ3n) is 1.88. The van der Waals surface area contributed by atoms with Gasteiger partial charge >= 0.3 is 0 Å². The molecule has 0 aliphatic rings. The first-order valence-corrected chi connectivity index (χ1v) is 5.35. The quantitative estimate of drug-likeness (QED) is 0.777. The molecule has 0 spiro atoms. The van der Waals surface area contributed by atoms with Crippen molar-refractivity contribution < 1.29 is 4.52 Å². The fourth-order valence-corrected chi connectivity index (χ4v) is 1.44. The Morgan fingerprint density at radius 3 is 2.60 bits per heavy atom. The van der Waals surface area contributed by atoms with Crippen LogP contribution in [-0.4, -0.2) is 16.0 Å². The smallest absolute Gasteiger partial charge is 0.228 e. The van der Waals surface area contributed by atoms with Crippen LogP contribution in [0.3, 0.4) is 0 Å². The number of benzene rings is 1. The molecule has 0 N–H and O–H groups in total. The summed E-state index contributed by atoms with van der Waals surface area (Å²) in [5, 5.41) is 4.53. The maximum absolute atomic E-state index is 5.77. The van der Waals surface area contributed by atoms with Crippen molar-refractivity contribution in [1.29, 1.82) is 0 Å². The molecular weight excluding hydrogens is 235 g/mol. The Morgan fingerprint density at radius 1 is 1.20 bits per heavy atom. The van der Waals surface area contributed by atoms with Crippen LogP contribution < -0.4 is 0 Å². The van der Waals surface area contributed by atoms with Gasteiger partial charge < -0.3 is 4.52 Å². The summed E-state index contributed by atoms with van der Waals surface area (Å²) in [5.74, 6) is 1.59. The van der Waals surface area contributed by atoms with Crippen molar-refractivity contribution in [2.24, 2.45) is 0 Å². The maximum atomic E-state index is 5.77. The zero-order valence-corrected chi connectivity index (χ0v) is 9.29. The molecule has 1 heterocycles. The highest BCUT2D eigenvalue weighted by Crippen LogP contribution is 2.18. The van der Waals surface area contributed by atoms with Gasteiger partial charge in [-0.1, -0.05) is 16.8 Å². The SMILES string of the molecule is ClCCc1nc(-c2ccc(Cl)cc2)no1. The van der Waals surface area contributed by atoms with Crippen molar-refractivity contribution in [3.63, 3.8) is 0 Å². The summed E-state index contributed by atoms with van der Waals surface area (Å²) >= 11 is 11.3. The number of halogens is 2. The molecule has 15 heavy (non-hydrogen) atoms. The summed E-state index contributed by atoms with van der Waals surface area (Å²) in [7, 11) is 0. The lowest BCUT2D eigenvalue weighted by atomic mass is 10.2. The predicted octanol–water partition coefficient (Wildman–Crippen LogP) is 3.17. The molecule has 1 aromatic heterocycles. The molecule has 2 aromatic rings. The standard InChI is InChI=1S/C10H8Cl2N2O/c11-6-5-9-13-10(14-15-9)7-1-3-8(12)4-2-7/h1-4H,5-6H2. The molecule has 0 aliphatic heterocycles. The lowest BCUT2D eigenvalue weighted by Gasteiger charge is -1.92. The van der Waals surface area contributed by atoms with Crippen molar-refractivity contribution in [2.75, 3.05) is 5.88 Å². The van der Waals surface area contributed by atoms with Gasteiger partial charge in [0.1, 0.15) is 0 Å². The summed E-state index contributed by atoms with van der Waals surface area (Å²) < 4.78 is 5.01. The third kappa shape index (κ3) is 2.49. The lowest BCUT2D eigenvalue weighted by Crippen LogP contribution is -1.85. The van der Waals surface area contributed by atoms with Gasteiger partial charge in [-0.3, -0.25) is 0 Å². The Balaban J connectivity index is 2.25. The van der Waals surface area contributed by atoms with E-state index >= 15 is 0 Å². The lowest BCUT2D eigenvalue weighted by molar-refractivity contribution is 0.383. The van der Waals surface area contributed by atoms with E-state index in [4.69, 9.17) is 27.7 Å². The van der Waals surface area contributed by atoms with Crippen molar-refractivity contribution in [3.8, 4) is 11.4 Å². The Hall–Kier alpha value is -1.06. The van der Waals surface area contributed by atoms with Gasteiger partial charge in [-0.05, 0) is 24.3 Å². The van der Waals surface area contributed by atoms with Crippen LogP contribution in [-0.2, 0) is 6.42 Å². The second-order valence-electron chi connectivity index (χ2n) is 2.96. The number of aryl methyl sites for hydroxylation is 1. The molecule has 0 saturated carbocycles. The highest BCUT2D eigenvalue weighted by molar-refractivity contribution is 6.30. The molecule has 1 aromatic carbocycles. The zero-order valence-electron chi connectivity index (χ0n) is 7.78. The van der Waals surface area contributed by atoms with Crippen LogP contribution in [0, 0.1) is 0 Å². The topological polar surface area (TPSA) is 38.9 Å². The highest BCUT2D eigenvalue weighted by Gasteiger charge is 2.07. The molecule has 0 saturated heterocycles. The van der Waals surface area contributed by atoms with Gasteiger partial charge in [0.25, 0.3) is 0 Å². The van der Waals surface area contributed by atoms with Gasteiger partial charge in [0.2, 0.25) is 11.7 Å². The van der Waals surface area contributed by atoms with Crippen molar-refractivity contribution in [3.05, 3.63) is 35.2 Å². The average Bonchev–Trinajstić information content (AvgIpc) is 2.68. The van der Waals surface area contributed by atoms with Gasteiger partial charge in [0, 0.05) is 22.9 Å². The van der Waals surface area contributed by atoms with E-state index in [-0.39, 0.29) is 0 Å². The normalized spacial score (nSPS) is 10.5. The van der Waals surface area contributed by atoms with Crippen molar-refractivity contribution in [2.45, 2.75) is 6.42 Å². The number of rotatable bonds is 3. The molecular formula is C10H8Cl2N2O.